The molecule has 0 saturated carbocycles. The van der Waals surface area contributed by atoms with E-state index in [4.69, 9.17) is 0 Å². The van der Waals surface area contributed by atoms with E-state index in [2.05, 4.69) is 45.9 Å². The van der Waals surface area contributed by atoms with Crippen molar-refractivity contribution in [2.24, 2.45) is 0 Å². The van der Waals surface area contributed by atoms with Crippen molar-refractivity contribution in [3.05, 3.63) is 35.4 Å². The van der Waals surface area contributed by atoms with Gasteiger partial charge in [0.2, 0.25) is 0 Å². The Morgan fingerprint density at radius 2 is 1.89 bits per heavy atom. The van der Waals surface area contributed by atoms with Crippen LogP contribution in [0.4, 0.5) is 0 Å². The van der Waals surface area contributed by atoms with Crippen molar-refractivity contribution in [1.82, 2.24) is 0 Å². The van der Waals surface area contributed by atoms with E-state index in [1.54, 1.807) is 6.07 Å². The molecular weight excluding hydrogens is 220 g/mol. The first-order chi connectivity index (χ1) is 8.45. The minimum Gasteiger partial charge on any atom is -0.508 e. The molecule has 1 nitrogen and oxygen atoms in total. The lowest BCUT2D eigenvalue weighted by molar-refractivity contribution is 0.446. The van der Waals surface area contributed by atoms with Gasteiger partial charge in [-0.1, -0.05) is 58.8 Å². The Balaban J connectivity index is 2.73. The predicted octanol–water partition coefficient (Wildman–Crippen LogP) is 5.28. The average molecular weight is 246 g/mol. The molecule has 1 rings (SSSR count). The number of hydrogen-bond acceptors (Lipinski definition) is 1. The van der Waals surface area contributed by atoms with Crippen molar-refractivity contribution in [3.63, 3.8) is 0 Å². The maximum Gasteiger partial charge on any atom is 0.119 e. The van der Waals surface area contributed by atoms with Crippen LogP contribution in [0.15, 0.2) is 24.3 Å². The van der Waals surface area contributed by atoms with Gasteiger partial charge in [0.1, 0.15) is 5.75 Å². The van der Waals surface area contributed by atoms with Gasteiger partial charge < -0.3 is 5.11 Å². The fraction of sp³-hybridized carbons (Fsp3) is 0.529. The lowest BCUT2D eigenvalue weighted by Gasteiger charge is -2.20. The molecule has 0 spiro atoms. The van der Waals surface area contributed by atoms with E-state index in [9.17, 15) is 5.11 Å². The van der Waals surface area contributed by atoms with E-state index in [1.807, 2.05) is 6.07 Å². The third kappa shape index (κ3) is 4.56. The van der Waals surface area contributed by atoms with Crippen molar-refractivity contribution in [2.75, 3.05) is 0 Å². The predicted molar refractivity (Wildman–Crippen MR) is 80.0 cm³/mol. The zero-order valence-corrected chi connectivity index (χ0v) is 12.2. The molecule has 0 bridgehead atoms. The monoisotopic (exact) mass is 246 g/mol. The Morgan fingerprint density at radius 1 is 1.17 bits per heavy atom. The summed E-state index contributed by atoms with van der Waals surface area (Å²) in [6, 6.07) is 5.86. The number of hydrogen-bond donors (Lipinski definition) is 1. The number of phenols is 1. The fourth-order valence-corrected chi connectivity index (χ4v) is 1.99. The van der Waals surface area contributed by atoms with Gasteiger partial charge in [0, 0.05) is 0 Å². The molecule has 1 heteroatoms. The minimum atomic E-state index is -0.0177. The number of aromatic hydroxyl groups is 1. The molecule has 0 aliphatic heterocycles. The second-order valence-electron chi connectivity index (χ2n) is 5.92. The summed E-state index contributed by atoms with van der Waals surface area (Å²) in [4.78, 5) is 0. The lowest BCUT2D eigenvalue weighted by Crippen LogP contribution is -2.11. The molecule has 1 aromatic carbocycles. The van der Waals surface area contributed by atoms with E-state index in [0.717, 1.165) is 12.0 Å². The first-order valence-electron chi connectivity index (χ1n) is 6.95. The van der Waals surface area contributed by atoms with E-state index in [-0.39, 0.29) is 5.41 Å². The molecule has 0 aromatic heterocycles. The molecule has 0 radical (unpaired) electrons. The van der Waals surface area contributed by atoms with Crippen LogP contribution in [0, 0.1) is 0 Å². The summed E-state index contributed by atoms with van der Waals surface area (Å²) in [7, 11) is 0. The van der Waals surface area contributed by atoms with Crippen LogP contribution < -0.4 is 0 Å². The molecule has 0 aliphatic rings. The average Bonchev–Trinajstić information content (AvgIpc) is 2.29. The van der Waals surface area contributed by atoms with Crippen LogP contribution in [-0.4, -0.2) is 5.11 Å². The quantitative estimate of drug-likeness (QED) is 0.700. The van der Waals surface area contributed by atoms with Gasteiger partial charge in [-0.05, 0) is 41.5 Å². The first-order valence-corrected chi connectivity index (χ1v) is 6.95. The number of allylic oxidation sites excluding steroid dienone is 1. The normalized spacial score (nSPS) is 12.2. The summed E-state index contributed by atoms with van der Waals surface area (Å²) < 4.78 is 0. The van der Waals surface area contributed by atoms with Crippen LogP contribution in [0.2, 0.25) is 0 Å². The van der Waals surface area contributed by atoms with Gasteiger partial charge in [-0.3, -0.25) is 0 Å². The van der Waals surface area contributed by atoms with Crippen molar-refractivity contribution in [1.29, 1.82) is 0 Å². The molecule has 0 heterocycles. The smallest absolute Gasteiger partial charge is 0.119 e. The standard InChI is InChI=1S/C17H26O/c1-5-6-7-8-9-10-14-11-12-16(18)15(13-14)17(2,3)4/h9-13,18H,5-8H2,1-4H3/b10-9+. The van der Waals surface area contributed by atoms with Crippen LogP contribution in [-0.2, 0) is 5.41 Å². The van der Waals surface area contributed by atoms with E-state index < -0.39 is 0 Å². The molecule has 100 valence electrons. The third-order valence-electron chi connectivity index (χ3n) is 3.11. The van der Waals surface area contributed by atoms with Crippen molar-refractivity contribution < 1.29 is 5.11 Å². The van der Waals surface area contributed by atoms with E-state index in [0.29, 0.717) is 5.75 Å². The van der Waals surface area contributed by atoms with Gasteiger partial charge in [-0.2, -0.15) is 0 Å². The van der Waals surface area contributed by atoms with Crippen LogP contribution in [0.25, 0.3) is 6.08 Å². The third-order valence-corrected chi connectivity index (χ3v) is 3.11. The number of rotatable bonds is 5. The highest BCUT2D eigenvalue weighted by molar-refractivity contribution is 5.54. The Kier molecular flexibility index (Phi) is 5.46. The fourth-order valence-electron chi connectivity index (χ4n) is 1.99. The largest absolute Gasteiger partial charge is 0.508 e. The highest BCUT2D eigenvalue weighted by atomic mass is 16.3. The summed E-state index contributed by atoms with van der Waals surface area (Å²) in [5, 5.41) is 9.89. The van der Waals surface area contributed by atoms with Crippen LogP contribution in [0.5, 0.6) is 5.75 Å². The van der Waals surface area contributed by atoms with Gasteiger partial charge >= 0.3 is 0 Å². The Labute approximate surface area is 112 Å². The maximum atomic E-state index is 9.89. The summed E-state index contributed by atoms with van der Waals surface area (Å²) in [5.41, 5.74) is 2.17. The molecule has 0 saturated heterocycles. The number of benzene rings is 1. The van der Waals surface area contributed by atoms with Crippen LogP contribution >= 0.6 is 0 Å². The summed E-state index contributed by atoms with van der Waals surface area (Å²) in [6.07, 6.45) is 9.35. The molecule has 0 fully saturated rings. The second-order valence-corrected chi connectivity index (χ2v) is 5.92. The molecule has 1 aromatic rings. The Bertz CT molecular complexity index is 397. The van der Waals surface area contributed by atoms with Crippen LogP contribution in [0.1, 0.15) is 64.5 Å². The molecule has 18 heavy (non-hydrogen) atoms. The van der Waals surface area contributed by atoms with E-state index >= 15 is 0 Å². The lowest BCUT2D eigenvalue weighted by atomic mass is 9.85. The minimum absolute atomic E-state index is 0.0177. The molecule has 0 atom stereocenters. The van der Waals surface area contributed by atoms with Gasteiger partial charge in [-0.25, -0.2) is 0 Å². The highest BCUT2D eigenvalue weighted by Crippen LogP contribution is 2.31. The first kappa shape index (κ1) is 14.8. The zero-order valence-electron chi connectivity index (χ0n) is 12.2. The second kappa shape index (κ2) is 6.63. The summed E-state index contributed by atoms with van der Waals surface area (Å²) in [6.45, 7) is 8.59. The van der Waals surface area contributed by atoms with Gasteiger partial charge in [0.15, 0.2) is 0 Å². The zero-order chi connectivity index (χ0) is 13.6. The van der Waals surface area contributed by atoms with Crippen LogP contribution in [0.3, 0.4) is 0 Å². The van der Waals surface area contributed by atoms with Gasteiger partial charge in [0.05, 0.1) is 0 Å². The molecular formula is C17H26O. The van der Waals surface area contributed by atoms with Crippen molar-refractivity contribution >= 4 is 6.08 Å². The molecule has 0 aliphatic carbocycles. The summed E-state index contributed by atoms with van der Waals surface area (Å²) in [5.74, 6) is 0.394. The number of unbranched alkanes of at least 4 members (excludes halogenated alkanes) is 3. The Morgan fingerprint density at radius 3 is 2.50 bits per heavy atom. The van der Waals surface area contributed by atoms with Gasteiger partial charge in [-0.15, -0.1) is 0 Å². The van der Waals surface area contributed by atoms with E-state index in [1.165, 1.54) is 24.8 Å². The maximum absolute atomic E-state index is 9.89. The molecule has 0 unspecified atom stereocenters. The number of phenolic OH excluding ortho intramolecular Hbond substituents is 1. The van der Waals surface area contributed by atoms with Crippen molar-refractivity contribution in [2.45, 2.75) is 58.8 Å². The Hall–Kier alpha value is -1.24. The summed E-state index contributed by atoms with van der Waals surface area (Å²) >= 11 is 0. The van der Waals surface area contributed by atoms with Gasteiger partial charge in [0.25, 0.3) is 0 Å². The topological polar surface area (TPSA) is 20.2 Å². The van der Waals surface area contributed by atoms with Crippen molar-refractivity contribution in [3.8, 4) is 5.75 Å². The molecule has 1 N–H and O–H groups in total. The highest BCUT2D eigenvalue weighted by Gasteiger charge is 2.17. The SMILES string of the molecule is CCCCC/C=C/c1ccc(O)c(C(C)(C)C)c1. The molecule has 0 amide bonds.